The molecule has 0 aromatic rings. The van der Waals surface area contributed by atoms with Crippen molar-refractivity contribution in [2.75, 3.05) is 13.1 Å². The highest BCUT2D eigenvalue weighted by Crippen LogP contribution is 2.33. The molecule has 2 fully saturated rings. The number of hydrogen-bond donors (Lipinski definition) is 1. The Morgan fingerprint density at radius 3 is 2.30 bits per heavy atom. The first-order valence-electron chi connectivity index (χ1n) is 9.16. The summed E-state index contributed by atoms with van der Waals surface area (Å²) in [6.07, 6.45) is 11.1. The number of hydrogen-bond acceptors (Lipinski definition) is 2. The zero-order chi connectivity index (χ0) is 14.6. The highest BCUT2D eigenvalue weighted by Gasteiger charge is 2.39. The first kappa shape index (κ1) is 16.3. The lowest BCUT2D eigenvalue weighted by Crippen LogP contribution is -2.66. The smallest absolute Gasteiger partial charge is 0.0304 e. The Hall–Kier alpha value is -0.0800. The summed E-state index contributed by atoms with van der Waals surface area (Å²) in [5, 5.41) is 3.88. The van der Waals surface area contributed by atoms with Crippen LogP contribution >= 0.6 is 0 Å². The summed E-state index contributed by atoms with van der Waals surface area (Å²) in [5.74, 6) is 0.947. The van der Waals surface area contributed by atoms with Gasteiger partial charge in [-0.15, -0.1) is 0 Å². The second kappa shape index (κ2) is 7.26. The van der Waals surface area contributed by atoms with E-state index in [0.717, 1.165) is 18.0 Å². The molecule has 2 nitrogen and oxygen atoms in total. The third kappa shape index (κ3) is 3.39. The lowest BCUT2D eigenvalue weighted by molar-refractivity contribution is 0.0127. The maximum atomic E-state index is 3.88. The number of nitrogens with one attached hydrogen (secondary N) is 1. The van der Waals surface area contributed by atoms with Crippen LogP contribution < -0.4 is 5.32 Å². The van der Waals surface area contributed by atoms with Crippen LogP contribution in [0.5, 0.6) is 0 Å². The largest absolute Gasteiger partial charge is 0.308 e. The first-order chi connectivity index (χ1) is 9.65. The third-order valence-electron chi connectivity index (χ3n) is 6.35. The van der Waals surface area contributed by atoms with Gasteiger partial charge in [-0.1, -0.05) is 40.0 Å². The van der Waals surface area contributed by atoms with Crippen molar-refractivity contribution in [1.82, 2.24) is 10.2 Å². The predicted octanol–water partition coefficient (Wildman–Crippen LogP) is 4.20. The second-order valence-electron chi connectivity index (χ2n) is 7.24. The zero-order valence-corrected chi connectivity index (χ0v) is 14.3. The monoisotopic (exact) mass is 280 g/mol. The molecule has 0 radical (unpaired) electrons. The molecule has 1 saturated heterocycles. The van der Waals surface area contributed by atoms with Gasteiger partial charge < -0.3 is 5.32 Å². The van der Waals surface area contributed by atoms with E-state index in [0.29, 0.717) is 5.54 Å². The van der Waals surface area contributed by atoms with E-state index < -0.39 is 0 Å². The Labute approximate surface area is 126 Å². The van der Waals surface area contributed by atoms with E-state index in [9.17, 15) is 0 Å². The minimum Gasteiger partial charge on any atom is -0.308 e. The summed E-state index contributed by atoms with van der Waals surface area (Å²) in [6, 6.07) is 1.53. The maximum absolute atomic E-state index is 3.88. The molecule has 0 amide bonds. The molecule has 0 aromatic carbocycles. The molecule has 2 unspecified atom stereocenters. The summed E-state index contributed by atoms with van der Waals surface area (Å²) >= 11 is 0. The number of piperazine rings is 1. The number of rotatable bonds is 5. The fourth-order valence-electron chi connectivity index (χ4n) is 4.45. The van der Waals surface area contributed by atoms with Crippen LogP contribution in [0.3, 0.4) is 0 Å². The van der Waals surface area contributed by atoms with Gasteiger partial charge in [0, 0.05) is 30.7 Å². The Kier molecular flexibility index (Phi) is 5.92. The fraction of sp³-hybridized carbons (Fsp3) is 1.00. The van der Waals surface area contributed by atoms with Crippen molar-refractivity contribution in [1.29, 1.82) is 0 Å². The second-order valence-corrected chi connectivity index (χ2v) is 7.24. The third-order valence-corrected chi connectivity index (χ3v) is 6.35. The normalized spacial score (nSPS) is 30.3. The van der Waals surface area contributed by atoms with E-state index in [2.05, 4.69) is 37.9 Å². The molecule has 2 rings (SSSR count). The topological polar surface area (TPSA) is 15.3 Å². The van der Waals surface area contributed by atoms with Gasteiger partial charge in [-0.25, -0.2) is 0 Å². The van der Waals surface area contributed by atoms with Crippen molar-refractivity contribution >= 4 is 0 Å². The molecule has 118 valence electrons. The van der Waals surface area contributed by atoms with Crippen LogP contribution in [0.15, 0.2) is 0 Å². The Morgan fingerprint density at radius 2 is 1.75 bits per heavy atom. The molecule has 2 aliphatic rings. The van der Waals surface area contributed by atoms with Crippen LogP contribution in [-0.4, -0.2) is 35.6 Å². The predicted molar refractivity (Wildman–Crippen MR) is 88.1 cm³/mol. The van der Waals surface area contributed by atoms with Gasteiger partial charge in [-0.05, 0) is 44.9 Å². The van der Waals surface area contributed by atoms with Gasteiger partial charge in [0.25, 0.3) is 0 Å². The van der Waals surface area contributed by atoms with Crippen molar-refractivity contribution in [2.24, 2.45) is 5.92 Å². The fourth-order valence-corrected chi connectivity index (χ4v) is 4.45. The standard InChI is InChI=1S/C18H36N2/c1-5-17-13-19-18(6-2,7-3)14-20(17)15(4)16-11-9-8-10-12-16/h15-17,19H,5-14H2,1-4H3. The van der Waals surface area contributed by atoms with Crippen molar-refractivity contribution in [2.45, 2.75) is 96.7 Å². The van der Waals surface area contributed by atoms with E-state index in [-0.39, 0.29) is 0 Å². The van der Waals surface area contributed by atoms with Crippen LogP contribution in [0, 0.1) is 5.92 Å². The lowest BCUT2D eigenvalue weighted by Gasteiger charge is -2.51. The molecular formula is C18H36N2. The van der Waals surface area contributed by atoms with Gasteiger partial charge in [0.15, 0.2) is 0 Å². The average Bonchev–Trinajstić information content (AvgIpc) is 2.54. The number of nitrogens with zero attached hydrogens (tertiary/aromatic N) is 1. The Bertz CT molecular complexity index is 279. The van der Waals surface area contributed by atoms with Crippen LogP contribution in [0.2, 0.25) is 0 Å². The molecule has 1 aliphatic carbocycles. The van der Waals surface area contributed by atoms with Gasteiger partial charge in [0.2, 0.25) is 0 Å². The SMILES string of the molecule is CCC1CNC(CC)(CC)CN1C(C)C1CCCCC1. The molecule has 1 heterocycles. The van der Waals surface area contributed by atoms with Crippen molar-refractivity contribution in [3.8, 4) is 0 Å². The van der Waals surface area contributed by atoms with Gasteiger partial charge in [0.1, 0.15) is 0 Å². The van der Waals surface area contributed by atoms with E-state index >= 15 is 0 Å². The molecule has 1 aliphatic heterocycles. The minimum atomic E-state index is 0.370. The van der Waals surface area contributed by atoms with Crippen LogP contribution in [0.4, 0.5) is 0 Å². The molecule has 2 heteroatoms. The Balaban J connectivity index is 2.07. The van der Waals surface area contributed by atoms with E-state index in [1.807, 2.05) is 0 Å². The summed E-state index contributed by atoms with van der Waals surface area (Å²) in [6.45, 7) is 12.0. The van der Waals surface area contributed by atoms with Gasteiger partial charge >= 0.3 is 0 Å². The summed E-state index contributed by atoms with van der Waals surface area (Å²) in [5.41, 5.74) is 0.370. The van der Waals surface area contributed by atoms with E-state index in [1.165, 1.54) is 64.5 Å². The average molecular weight is 280 g/mol. The molecule has 0 bridgehead atoms. The highest BCUT2D eigenvalue weighted by molar-refractivity contribution is 4.98. The van der Waals surface area contributed by atoms with Crippen molar-refractivity contribution < 1.29 is 0 Å². The Morgan fingerprint density at radius 1 is 1.10 bits per heavy atom. The lowest BCUT2D eigenvalue weighted by atomic mass is 9.81. The molecule has 1 saturated carbocycles. The molecule has 1 N–H and O–H groups in total. The highest BCUT2D eigenvalue weighted by atomic mass is 15.3. The molecule has 0 aromatic heterocycles. The summed E-state index contributed by atoms with van der Waals surface area (Å²) < 4.78 is 0. The first-order valence-corrected chi connectivity index (χ1v) is 9.16. The van der Waals surface area contributed by atoms with Crippen molar-refractivity contribution in [3.63, 3.8) is 0 Å². The van der Waals surface area contributed by atoms with Gasteiger partial charge in [-0.3, -0.25) is 4.90 Å². The van der Waals surface area contributed by atoms with Crippen LogP contribution in [-0.2, 0) is 0 Å². The van der Waals surface area contributed by atoms with Gasteiger partial charge in [-0.2, -0.15) is 0 Å². The minimum absolute atomic E-state index is 0.370. The molecule has 20 heavy (non-hydrogen) atoms. The summed E-state index contributed by atoms with van der Waals surface area (Å²) in [7, 11) is 0. The summed E-state index contributed by atoms with van der Waals surface area (Å²) in [4.78, 5) is 2.87. The quantitative estimate of drug-likeness (QED) is 0.812. The van der Waals surface area contributed by atoms with Gasteiger partial charge in [0.05, 0.1) is 0 Å². The maximum Gasteiger partial charge on any atom is 0.0304 e. The molecule has 0 spiro atoms. The zero-order valence-electron chi connectivity index (χ0n) is 14.3. The van der Waals surface area contributed by atoms with Crippen LogP contribution in [0.25, 0.3) is 0 Å². The molecule has 2 atom stereocenters. The van der Waals surface area contributed by atoms with Crippen LogP contribution in [0.1, 0.15) is 79.1 Å². The van der Waals surface area contributed by atoms with Crippen molar-refractivity contribution in [3.05, 3.63) is 0 Å². The van der Waals surface area contributed by atoms with E-state index in [4.69, 9.17) is 0 Å². The molecular weight excluding hydrogens is 244 g/mol. The van der Waals surface area contributed by atoms with E-state index in [1.54, 1.807) is 0 Å².